The molecule has 44 heavy (non-hydrogen) atoms. The molecule has 1 amide bonds. The van der Waals surface area contributed by atoms with Gasteiger partial charge in [0.25, 0.3) is 40.5 Å². The van der Waals surface area contributed by atoms with Gasteiger partial charge in [-0.25, -0.2) is 8.42 Å². The van der Waals surface area contributed by atoms with Crippen molar-refractivity contribution >= 4 is 84.1 Å². The normalized spacial score (nSPS) is 13.3. The van der Waals surface area contributed by atoms with Crippen molar-refractivity contribution in [3.8, 4) is 5.75 Å². The van der Waals surface area contributed by atoms with Crippen molar-refractivity contribution in [3.05, 3.63) is 42.3 Å². The molecule has 238 valence electrons. The highest BCUT2D eigenvalue weighted by Crippen LogP contribution is 2.45. The number of hydrogen-bond donors (Lipinski definition) is 6. The predicted octanol–water partition coefficient (Wildman–Crippen LogP) is 1.82. The summed E-state index contributed by atoms with van der Waals surface area (Å²) >= 11 is 0. The zero-order chi connectivity index (χ0) is 33.8. The molecule has 3 rings (SSSR count). The van der Waals surface area contributed by atoms with E-state index in [2.05, 4.69) is 22.1 Å². The fourth-order valence-electron chi connectivity index (χ4n) is 3.62. The molecule has 0 aromatic heterocycles. The van der Waals surface area contributed by atoms with Gasteiger partial charge in [0.2, 0.25) is 15.7 Å². The van der Waals surface area contributed by atoms with Crippen LogP contribution >= 0.6 is 0 Å². The number of rotatable bonds is 9. The molecule has 0 spiro atoms. The summed E-state index contributed by atoms with van der Waals surface area (Å²) < 4.78 is 159. The number of carbonyl (C=O) groups is 1. The van der Waals surface area contributed by atoms with E-state index in [0.29, 0.717) is 18.2 Å². The summed E-state index contributed by atoms with van der Waals surface area (Å²) in [4.78, 5) is 5.11. The second-order valence-electron chi connectivity index (χ2n) is 8.40. The second-order valence-corrected chi connectivity index (χ2v) is 15.9. The lowest BCUT2D eigenvalue weighted by Crippen LogP contribution is -2.10. The third-order valence-electron chi connectivity index (χ3n) is 5.37. The number of anilines is 1. The van der Waals surface area contributed by atoms with Gasteiger partial charge in [0.1, 0.15) is 26.1 Å². The van der Waals surface area contributed by atoms with Crippen LogP contribution in [0.3, 0.4) is 0 Å². The molecule has 0 aliphatic carbocycles. The fourth-order valence-corrected chi connectivity index (χ4v) is 7.57. The van der Waals surface area contributed by atoms with Crippen molar-refractivity contribution in [2.24, 2.45) is 10.2 Å². The van der Waals surface area contributed by atoms with Crippen molar-refractivity contribution in [1.29, 1.82) is 0 Å². The lowest BCUT2D eigenvalue weighted by atomic mass is 10.1. The molecule has 0 saturated heterocycles. The number of nitrogens with zero attached hydrogens (tertiary/aromatic N) is 2. The van der Waals surface area contributed by atoms with Gasteiger partial charge in [0.15, 0.2) is 5.75 Å². The Morgan fingerprint density at radius 2 is 1.27 bits per heavy atom. The summed E-state index contributed by atoms with van der Waals surface area (Å²) in [6.45, 7) is 3.90. The number of hydrogen-bond acceptors (Lipinski definition) is 14. The average Bonchev–Trinajstić information content (AvgIpc) is 2.84. The Morgan fingerprint density at radius 3 is 1.73 bits per heavy atom. The minimum Gasteiger partial charge on any atom is -0.505 e. The first-order valence-electron chi connectivity index (χ1n) is 10.8. The van der Waals surface area contributed by atoms with Gasteiger partial charge in [-0.1, -0.05) is 6.58 Å². The van der Waals surface area contributed by atoms with Crippen molar-refractivity contribution in [1.82, 2.24) is 0 Å². The van der Waals surface area contributed by atoms with Crippen LogP contribution in [0.25, 0.3) is 10.8 Å². The molecule has 0 aliphatic heterocycles. The van der Waals surface area contributed by atoms with Gasteiger partial charge in [-0.2, -0.15) is 33.7 Å². The quantitative estimate of drug-likeness (QED) is 0.136. The van der Waals surface area contributed by atoms with E-state index < -0.39 is 114 Å². The lowest BCUT2D eigenvalue weighted by Gasteiger charge is -2.14. The molecule has 0 saturated carbocycles. The van der Waals surface area contributed by atoms with Gasteiger partial charge in [-0.05, 0) is 35.7 Å². The van der Waals surface area contributed by atoms with Gasteiger partial charge in [-0.3, -0.25) is 23.0 Å². The number of carbonyl (C=O) groups excluding carboxylic acids is 1. The molecule has 0 unspecified atom stereocenters. The number of amides is 1. The maximum Gasteiger partial charge on any atom is 0.296 e. The van der Waals surface area contributed by atoms with Gasteiger partial charge < -0.3 is 10.4 Å². The average molecular weight is 716 g/mol. The monoisotopic (exact) mass is 715 g/mol. The largest absolute Gasteiger partial charge is 0.505 e. The predicted molar refractivity (Wildman–Crippen MR) is 147 cm³/mol. The molecule has 0 atom stereocenters. The maximum absolute atomic E-state index is 12.4. The summed E-state index contributed by atoms with van der Waals surface area (Å²) in [5.74, 6) is -2.14. The minimum absolute atomic E-state index is 0.0227. The Morgan fingerprint density at radius 1 is 0.727 bits per heavy atom. The molecule has 19 nitrogen and oxygen atoms in total. The molecule has 0 heterocycles. The van der Waals surface area contributed by atoms with Crippen LogP contribution < -0.4 is 5.32 Å². The molecule has 0 aliphatic rings. The molecule has 24 heteroatoms. The van der Waals surface area contributed by atoms with E-state index in [1.54, 1.807) is 0 Å². The van der Waals surface area contributed by atoms with Gasteiger partial charge in [0.05, 0.1) is 15.5 Å². The van der Waals surface area contributed by atoms with Crippen molar-refractivity contribution in [3.63, 3.8) is 0 Å². The van der Waals surface area contributed by atoms with E-state index in [1.807, 2.05) is 0 Å². The fraction of sp³-hybridized carbons (Fsp3) is 0.0500. The van der Waals surface area contributed by atoms with Crippen LogP contribution in [-0.2, 0) is 55.1 Å². The highest BCUT2D eigenvalue weighted by Gasteiger charge is 2.30. The summed E-state index contributed by atoms with van der Waals surface area (Å²) in [6, 6.07) is 1.92. The third kappa shape index (κ3) is 7.08. The Hall–Kier alpha value is -3.88. The van der Waals surface area contributed by atoms with Crippen LogP contribution in [0, 0.1) is 0 Å². The standard InChI is InChI=1S/C20H17N3O16S5/c1-3-40(26,27)15-7-12(14(42(31,32)33)8-16(15)43(34,35)36)22-23-19-17(44(37,38)39)5-10-4-11(41(28,29)30)6-13(21-9(2)24)18(10)20(19)25/h3-8,25H,1H2,2H3,(H,21,24)(H,28,29,30)(H,31,32,33)(H,34,35,36)(H,37,38,39). The van der Waals surface area contributed by atoms with E-state index in [0.717, 1.165) is 6.92 Å². The number of phenolic OH excluding ortho intramolecular Hbond substituents is 1. The number of sulfone groups is 1. The zero-order valence-corrected chi connectivity index (χ0v) is 25.4. The molecular formula is C20H17N3O16S5. The smallest absolute Gasteiger partial charge is 0.296 e. The third-order valence-corrected chi connectivity index (χ3v) is 10.4. The number of phenols is 1. The lowest BCUT2D eigenvalue weighted by molar-refractivity contribution is -0.114. The van der Waals surface area contributed by atoms with E-state index in [1.165, 1.54) is 0 Å². The van der Waals surface area contributed by atoms with Crippen LogP contribution in [-0.4, -0.2) is 71.3 Å². The molecule has 0 fully saturated rings. The van der Waals surface area contributed by atoms with Gasteiger partial charge >= 0.3 is 0 Å². The Balaban J connectivity index is 2.55. The Labute approximate surface area is 248 Å². The van der Waals surface area contributed by atoms with Crippen LogP contribution in [0.5, 0.6) is 5.75 Å². The van der Waals surface area contributed by atoms with Crippen molar-refractivity contribution in [2.75, 3.05) is 5.32 Å². The van der Waals surface area contributed by atoms with Gasteiger partial charge in [0, 0.05) is 17.7 Å². The number of aromatic hydroxyl groups is 1. The van der Waals surface area contributed by atoms with Crippen LogP contribution in [0.4, 0.5) is 17.1 Å². The van der Waals surface area contributed by atoms with E-state index in [-0.39, 0.29) is 17.5 Å². The maximum atomic E-state index is 12.4. The summed E-state index contributed by atoms with van der Waals surface area (Å²) in [7, 11) is -26.3. The van der Waals surface area contributed by atoms with Gasteiger partial charge in [-0.15, -0.1) is 10.2 Å². The second kappa shape index (κ2) is 11.2. The van der Waals surface area contributed by atoms with E-state index in [4.69, 9.17) is 0 Å². The van der Waals surface area contributed by atoms with Crippen LogP contribution in [0.1, 0.15) is 6.92 Å². The minimum atomic E-state index is -5.52. The first-order chi connectivity index (χ1) is 19.8. The number of fused-ring (bicyclic) bond motifs is 1. The van der Waals surface area contributed by atoms with Crippen LogP contribution in [0.2, 0.25) is 0 Å². The number of benzene rings is 3. The topological polar surface area (TPSA) is 326 Å². The molecule has 3 aromatic carbocycles. The van der Waals surface area contributed by atoms with Crippen molar-refractivity contribution < 1.29 is 70.2 Å². The molecule has 0 bridgehead atoms. The highest BCUT2D eigenvalue weighted by molar-refractivity contribution is 7.95. The van der Waals surface area contributed by atoms with E-state index >= 15 is 0 Å². The zero-order valence-electron chi connectivity index (χ0n) is 21.3. The summed E-state index contributed by atoms with van der Waals surface area (Å²) in [6.07, 6.45) is 0. The highest BCUT2D eigenvalue weighted by atomic mass is 32.2. The molecule has 3 aromatic rings. The van der Waals surface area contributed by atoms with Crippen LogP contribution in [0.15, 0.2) is 77.0 Å². The molecule has 6 N–H and O–H groups in total. The Bertz CT molecular complexity index is 2360. The Kier molecular flexibility index (Phi) is 8.84. The van der Waals surface area contributed by atoms with Crippen molar-refractivity contribution in [2.45, 2.75) is 31.4 Å². The number of nitrogens with one attached hydrogen (secondary N) is 1. The number of azo groups is 1. The first-order valence-corrected chi connectivity index (χ1v) is 18.1. The first kappa shape index (κ1) is 34.6. The summed E-state index contributed by atoms with van der Waals surface area (Å²) in [5.41, 5.74) is -3.02. The SMILES string of the molecule is C=CS(=O)(=O)c1cc(N=Nc2c(S(=O)(=O)O)cc3cc(S(=O)(=O)O)cc(NC(C)=O)c3c2O)c(S(=O)(=O)O)cc1S(=O)(=O)O. The molecular weight excluding hydrogens is 699 g/mol. The summed E-state index contributed by atoms with van der Waals surface area (Å²) in [5, 5.41) is 18.8. The van der Waals surface area contributed by atoms with E-state index in [9.17, 15) is 70.2 Å². The molecule has 0 radical (unpaired) electrons.